The molecule has 11 nitrogen and oxygen atoms in total. The number of alkyl halides is 3. The molecule has 2 fully saturated rings. The Morgan fingerprint density at radius 3 is 2.69 bits per heavy atom. The lowest BCUT2D eigenvalue weighted by atomic mass is 9.90. The van der Waals surface area contributed by atoms with Gasteiger partial charge in [-0.25, -0.2) is 4.39 Å². The lowest BCUT2D eigenvalue weighted by molar-refractivity contribution is -0.140. The first-order valence-electron chi connectivity index (χ1n) is 18.4. The van der Waals surface area contributed by atoms with Crippen molar-refractivity contribution in [2.24, 2.45) is 0 Å². The summed E-state index contributed by atoms with van der Waals surface area (Å²) in [5, 5.41) is 4.76. The standard InChI is InChI=1S/C39H46F4N8O3/c1-7-10-24-15-26(44)33(40)31(32(24)39(41,42)43)29-16-27-25(20-53-29)35(46-37(45-27)54-21-38-11-8-13-50(38)18-23(4)17-38)49-12-9-14-51-28(19-49)30(22(2)3)34(47-51)36(52)48(5)6/h15,22,29H,4,8-9,11-14,16-21,44H2,1-3,5-6H3/t29-,38+/m1/s1. The first-order chi connectivity index (χ1) is 25.6. The smallest absolute Gasteiger partial charge is 0.418 e. The van der Waals surface area contributed by atoms with E-state index in [0.717, 1.165) is 55.2 Å². The number of aryl methyl sites for hydroxylation is 1. The molecule has 0 unspecified atom stereocenters. The molecule has 3 aromatic rings. The number of nitrogens with two attached hydrogens (primary N) is 1. The summed E-state index contributed by atoms with van der Waals surface area (Å²) in [4.78, 5) is 29.0. The first-order valence-corrected chi connectivity index (χ1v) is 18.4. The number of aromatic nitrogens is 4. The SMILES string of the molecule is C=C1CN2CCC[C@@]2(COc2nc3c(c(N4CCCn5nc(C(=O)N(C)C)c(C(C)C)c5C4)n2)CO[C@@H](c2c(F)c(N)cc(C#CC)c2C(F)(F)F)C3)C1. The third-order valence-electron chi connectivity index (χ3n) is 11.0. The van der Waals surface area contributed by atoms with Gasteiger partial charge in [0.1, 0.15) is 12.4 Å². The van der Waals surface area contributed by atoms with Gasteiger partial charge in [-0.1, -0.05) is 31.9 Å². The molecule has 0 aliphatic carbocycles. The van der Waals surface area contributed by atoms with Crippen molar-refractivity contribution >= 4 is 17.4 Å². The van der Waals surface area contributed by atoms with Crippen molar-refractivity contribution in [3.8, 4) is 17.9 Å². The van der Waals surface area contributed by atoms with Crippen LogP contribution in [0.4, 0.5) is 29.1 Å². The maximum absolute atomic E-state index is 15.8. The van der Waals surface area contributed by atoms with Crippen LogP contribution in [0.25, 0.3) is 0 Å². The summed E-state index contributed by atoms with van der Waals surface area (Å²) in [6.45, 7) is 13.0. The average Bonchev–Trinajstić information content (AvgIpc) is 3.71. The summed E-state index contributed by atoms with van der Waals surface area (Å²) in [6.07, 6.45) is -3.08. The topological polar surface area (TPSA) is 115 Å². The van der Waals surface area contributed by atoms with E-state index in [1.165, 1.54) is 11.8 Å². The Morgan fingerprint density at radius 2 is 1.98 bits per heavy atom. The molecule has 0 spiro atoms. The number of carbonyl (C=O) groups is 1. The molecular weight excluding hydrogens is 704 g/mol. The van der Waals surface area contributed by atoms with Gasteiger partial charge in [0.15, 0.2) is 11.5 Å². The zero-order valence-electron chi connectivity index (χ0n) is 31.4. The Hall–Kier alpha value is -4.68. The van der Waals surface area contributed by atoms with Gasteiger partial charge in [0.2, 0.25) is 0 Å². The van der Waals surface area contributed by atoms with Gasteiger partial charge in [0.05, 0.1) is 47.4 Å². The number of hydrogen-bond acceptors (Lipinski definition) is 9. The predicted octanol–water partition coefficient (Wildman–Crippen LogP) is 6.01. The Balaban J connectivity index is 1.32. The van der Waals surface area contributed by atoms with E-state index in [-0.39, 0.29) is 36.4 Å². The fourth-order valence-electron chi connectivity index (χ4n) is 8.62. The molecule has 0 radical (unpaired) electrons. The Labute approximate surface area is 312 Å². The van der Waals surface area contributed by atoms with Crippen LogP contribution in [0.1, 0.15) is 108 Å². The number of ether oxygens (including phenoxy) is 2. The second kappa shape index (κ2) is 14.2. The molecular formula is C39H46F4N8O3. The van der Waals surface area contributed by atoms with Crippen LogP contribution in [0.3, 0.4) is 0 Å². The normalized spacial score (nSPS) is 21.3. The summed E-state index contributed by atoms with van der Waals surface area (Å²) < 4.78 is 74.3. The maximum atomic E-state index is 15.8. The second-order valence-electron chi connectivity index (χ2n) is 15.3. The lowest BCUT2D eigenvalue weighted by Gasteiger charge is -2.33. The number of carbonyl (C=O) groups excluding carboxylic acids is 1. The van der Waals surface area contributed by atoms with E-state index in [4.69, 9.17) is 30.3 Å². The van der Waals surface area contributed by atoms with Crippen molar-refractivity contribution in [3.05, 3.63) is 68.9 Å². The molecule has 4 aliphatic rings. The van der Waals surface area contributed by atoms with Crippen molar-refractivity contribution in [2.75, 3.05) is 51.0 Å². The van der Waals surface area contributed by atoms with Gasteiger partial charge in [-0.15, -0.1) is 5.92 Å². The molecule has 54 heavy (non-hydrogen) atoms. The summed E-state index contributed by atoms with van der Waals surface area (Å²) in [5.74, 6) is 4.05. The molecule has 2 aromatic heterocycles. The molecule has 1 amide bonds. The van der Waals surface area contributed by atoms with Crippen molar-refractivity contribution in [2.45, 2.75) is 96.3 Å². The molecule has 15 heteroatoms. The molecule has 1 aromatic carbocycles. The zero-order valence-corrected chi connectivity index (χ0v) is 31.4. The molecule has 7 rings (SSSR count). The average molecular weight is 751 g/mol. The molecule has 2 saturated heterocycles. The summed E-state index contributed by atoms with van der Waals surface area (Å²) in [6, 6.07) is 0.993. The van der Waals surface area contributed by atoms with Crippen LogP contribution >= 0.6 is 0 Å². The summed E-state index contributed by atoms with van der Waals surface area (Å²) in [7, 11) is 3.39. The van der Waals surface area contributed by atoms with Crippen molar-refractivity contribution in [1.82, 2.24) is 29.5 Å². The fraction of sp³-hybridized carbons (Fsp3) is 0.538. The van der Waals surface area contributed by atoms with Crippen LogP contribution in [-0.2, 0) is 37.0 Å². The number of nitrogens with zero attached hydrogens (tertiary/aromatic N) is 7. The van der Waals surface area contributed by atoms with Gasteiger partial charge >= 0.3 is 12.2 Å². The van der Waals surface area contributed by atoms with E-state index in [0.29, 0.717) is 55.4 Å². The minimum absolute atomic E-state index is 0.0111. The fourth-order valence-corrected chi connectivity index (χ4v) is 8.62. The van der Waals surface area contributed by atoms with E-state index in [1.807, 2.05) is 18.5 Å². The second-order valence-corrected chi connectivity index (χ2v) is 15.3. The highest BCUT2D eigenvalue weighted by atomic mass is 19.4. The Kier molecular flexibility index (Phi) is 9.89. The maximum Gasteiger partial charge on any atom is 0.418 e. The highest BCUT2D eigenvalue weighted by Crippen LogP contribution is 2.45. The lowest BCUT2D eigenvalue weighted by Crippen LogP contribution is -2.43. The third-order valence-corrected chi connectivity index (χ3v) is 11.0. The Morgan fingerprint density at radius 1 is 1.20 bits per heavy atom. The molecule has 288 valence electrons. The van der Waals surface area contributed by atoms with E-state index in [2.05, 4.69) is 28.2 Å². The number of fused-ring (bicyclic) bond motifs is 3. The van der Waals surface area contributed by atoms with Gasteiger partial charge in [0.25, 0.3) is 5.91 Å². The molecule has 2 atom stereocenters. The van der Waals surface area contributed by atoms with Crippen molar-refractivity contribution in [3.63, 3.8) is 0 Å². The summed E-state index contributed by atoms with van der Waals surface area (Å²) >= 11 is 0. The minimum Gasteiger partial charge on any atom is -0.461 e. The number of halogens is 4. The Bertz CT molecular complexity index is 2070. The highest BCUT2D eigenvalue weighted by Gasteiger charge is 2.47. The van der Waals surface area contributed by atoms with Crippen LogP contribution in [0.5, 0.6) is 6.01 Å². The van der Waals surface area contributed by atoms with E-state index in [1.54, 1.807) is 14.1 Å². The number of hydrogen-bond donors (Lipinski definition) is 1. The first kappa shape index (κ1) is 37.6. The monoisotopic (exact) mass is 750 g/mol. The predicted molar refractivity (Wildman–Crippen MR) is 194 cm³/mol. The third kappa shape index (κ3) is 6.68. The molecule has 4 aliphatic heterocycles. The molecule has 6 heterocycles. The highest BCUT2D eigenvalue weighted by molar-refractivity contribution is 5.94. The zero-order chi connectivity index (χ0) is 38.7. The van der Waals surface area contributed by atoms with Gasteiger partial charge in [0, 0.05) is 62.4 Å². The largest absolute Gasteiger partial charge is 0.461 e. The molecule has 0 bridgehead atoms. The summed E-state index contributed by atoms with van der Waals surface area (Å²) in [5.41, 5.74) is 7.14. The number of benzene rings is 1. The van der Waals surface area contributed by atoms with Gasteiger partial charge in [-0.3, -0.25) is 14.4 Å². The van der Waals surface area contributed by atoms with Crippen LogP contribution < -0.4 is 15.4 Å². The molecule has 0 saturated carbocycles. The van der Waals surface area contributed by atoms with Crippen LogP contribution in [-0.4, -0.2) is 81.3 Å². The van der Waals surface area contributed by atoms with E-state index < -0.39 is 40.5 Å². The number of anilines is 2. The van der Waals surface area contributed by atoms with E-state index in [9.17, 15) is 18.0 Å². The van der Waals surface area contributed by atoms with Crippen LogP contribution in [0, 0.1) is 17.7 Å². The van der Waals surface area contributed by atoms with Crippen molar-refractivity contribution < 1.29 is 31.8 Å². The van der Waals surface area contributed by atoms with Crippen LogP contribution in [0.2, 0.25) is 0 Å². The van der Waals surface area contributed by atoms with Gasteiger partial charge < -0.3 is 25.0 Å². The van der Waals surface area contributed by atoms with Gasteiger partial charge in [-0.2, -0.15) is 28.2 Å². The quantitative estimate of drug-likeness (QED) is 0.134. The minimum atomic E-state index is -4.94. The number of amides is 1. The number of nitrogen functional groups attached to an aromatic ring is 1. The van der Waals surface area contributed by atoms with E-state index >= 15 is 4.39 Å². The van der Waals surface area contributed by atoms with Crippen molar-refractivity contribution in [1.29, 1.82) is 0 Å². The van der Waals surface area contributed by atoms with Crippen LogP contribution in [0.15, 0.2) is 18.2 Å². The molecule has 2 N–H and O–H groups in total. The van der Waals surface area contributed by atoms with Gasteiger partial charge in [-0.05, 0) is 51.1 Å². The number of rotatable bonds is 7.